The Balaban J connectivity index is 1.94. The van der Waals surface area contributed by atoms with Gasteiger partial charge in [0.15, 0.2) is 16.6 Å². The molecule has 0 radical (unpaired) electrons. The van der Waals surface area contributed by atoms with Crippen LogP contribution in [0.4, 0.5) is 18.2 Å². The highest BCUT2D eigenvalue weighted by Gasteiger charge is 2.30. The number of hydrogen-bond donors (Lipinski definition) is 3. The van der Waals surface area contributed by atoms with Crippen LogP contribution in [0.5, 0.6) is 5.75 Å². The van der Waals surface area contributed by atoms with Crippen molar-refractivity contribution in [3.05, 3.63) is 58.0 Å². The molecule has 31 heavy (non-hydrogen) atoms. The first-order chi connectivity index (χ1) is 14.5. The molecule has 2 aromatic heterocycles. The van der Waals surface area contributed by atoms with Crippen molar-refractivity contribution in [3.63, 3.8) is 0 Å². The molecule has 3 aromatic rings. The summed E-state index contributed by atoms with van der Waals surface area (Å²) < 4.78 is 37.5. The van der Waals surface area contributed by atoms with Crippen LogP contribution in [-0.4, -0.2) is 39.6 Å². The summed E-state index contributed by atoms with van der Waals surface area (Å²) in [4.78, 5) is 32.7. The molecule has 162 valence electrons. The van der Waals surface area contributed by atoms with E-state index in [1.165, 1.54) is 0 Å². The molecule has 7 nitrogen and oxygen atoms in total. The smallest absolute Gasteiger partial charge is 0.405 e. The van der Waals surface area contributed by atoms with Gasteiger partial charge in [-0.3, -0.25) is 9.59 Å². The fourth-order valence-corrected chi connectivity index (χ4v) is 3.69. The quantitative estimate of drug-likeness (QED) is 0.447. The number of pyridine rings is 1. The van der Waals surface area contributed by atoms with E-state index >= 15 is 0 Å². The SMILES string of the molecule is O=C(Nc1sc(-c2ccccc2)nc1C(=O)NCC(F)(F)F)c1cc(Cl)c(O)c(Cl)n1. The maximum atomic E-state index is 12.6. The largest absolute Gasteiger partial charge is 0.504 e. The highest BCUT2D eigenvalue weighted by molar-refractivity contribution is 7.19. The molecule has 0 saturated carbocycles. The van der Waals surface area contributed by atoms with E-state index in [9.17, 15) is 27.9 Å². The number of aromatic hydroxyl groups is 1. The van der Waals surface area contributed by atoms with E-state index in [2.05, 4.69) is 15.3 Å². The van der Waals surface area contributed by atoms with Gasteiger partial charge < -0.3 is 15.7 Å². The number of nitrogens with zero attached hydrogens (tertiary/aromatic N) is 2. The van der Waals surface area contributed by atoms with Crippen molar-refractivity contribution < 1.29 is 27.9 Å². The number of nitrogens with one attached hydrogen (secondary N) is 2. The minimum absolute atomic E-state index is 0.106. The van der Waals surface area contributed by atoms with Gasteiger partial charge in [-0.2, -0.15) is 13.2 Å². The van der Waals surface area contributed by atoms with Gasteiger partial charge in [-0.05, 0) is 6.07 Å². The fraction of sp³-hybridized carbons (Fsp3) is 0.111. The van der Waals surface area contributed by atoms with Crippen molar-refractivity contribution in [2.45, 2.75) is 6.18 Å². The summed E-state index contributed by atoms with van der Waals surface area (Å²) in [5.41, 5.74) is -0.103. The van der Waals surface area contributed by atoms with E-state index in [0.717, 1.165) is 17.4 Å². The second-order valence-electron chi connectivity index (χ2n) is 5.94. The predicted molar refractivity (Wildman–Crippen MR) is 110 cm³/mol. The number of alkyl halides is 3. The van der Waals surface area contributed by atoms with Crippen LogP contribution in [0.25, 0.3) is 10.6 Å². The molecule has 0 atom stereocenters. The molecular weight excluding hydrogens is 480 g/mol. The third kappa shape index (κ3) is 5.63. The van der Waals surface area contributed by atoms with Crippen molar-refractivity contribution >= 4 is 51.4 Å². The van der Waals surface area contributed by atoms with Gasteiger partial charge in [0.25, 0.3) is 11.8 Å². The molecule has 0 aliphatic rings. The Morgan fingerprint density at radius 1 is 1.10 bits per heavy atom. The summed E-state index contributed by atoms with van der Waals surface area (Å²) in [6, 6.07) is 9.58. The third-order valence-electron chi connectivity index (χ3n) is 3.68. The van der Waals surface area contributed by atoms with E-state index in [4.69, 9.17) is 23.2 Å². The lowest BCUT2D eigenvalue weighted by molar-refractivity contribution is -0.123. The number of rotatable bonds is 5. The monoisotopic (exact) mass is 490 g/mol. The van der Waals surface area contributed by atoms with Crippen LogP contribution in [0.3, 0.4) is 0 Å². The molecule has 0 fully saturated rings. The van der Waals surface area contributed by atoms with Gasteiger partial charge in [-0.25, -0.2) is 9.97 Å². The topological polar surface area (TPSA) is 104 Å². The molecule has 3 rings (SSSR count). The number of halogens is 5. The van der Waals surface area contributed by atoms with Crippen LogP contribution in [0.2, 0.25) is 10.2 Å². The Hall–Kier alpha value is -2.89. The Morgan fingerprint density at radius 3 is 2.39 bits per heavy atom. The molecule has 0 bridgehead atoms. The van der Waals surface area contributed by atoms with Crippen molar-refractivity contribution in [1.82, 2.24) is 15.3 Å². The Bertz CT molecular complexity index is 1120. The first-order valence-corrected chi connectivity index (χ1v) is 9.90. The highest BCUT2D eigenvalue weighted by Crippen LogP contribution is 2.34. The molecule has 0 aliphatic heterocycles. The van der Waals surface area contributed by atoms with Crippen LogP contribution < -0.4 is 10.6 Å². The number of benzene rings is 1. The minimum Gasteiger partial charge on any atom is -0.504 e. The van der Waals surface area contributed by atoms with Gasteiger partial charge in [-0.1, -0.05) is 64.9 Å². The maximum Gasteiger partial charge on any atom is 0.405 e. The van der Waals surface area contributed by atoms with E-state index in [0.29, 0.717) is 10.6 Å². The van der Waals surface area contributed by atoms with Crippen LogP contribution in [-0.2, 0) is 0 Å². The number of hydrogen-bond acceptors (Lipinski definition) is 6. The Labute approximate surface area is 186 Å². The zero-order valence-electron chi connectivity index (χ0n) is 15.1. The number of thiazole rings is 1. The summed E-state index contributed by atoms with van der Waals surface area (Å²) in [6.45, 7) is -1.57. The van der Waals surface area contributed by atoms with Crippen LogP contribution in [0.15, 0.2) is 36.4 Å². The molecule has 0 unspecified atom stereocenters. The molecule has 0 saturated heterocycles. The number of carbonyl (C=O) groups excluding carboxylic acids is 2. The molecular formula is C18H11Cl2F3N4O3S. The van der Waals surface area contributed by atoms with Crippen LogP contribution >= 0.6 is 34.5 Å². The zero-order valence-corrected chi connectivity index (χ0v) is 17.5. The molecule has 0 spiro atoms. The average molecular weight is 491 g/mol. The van der Waals surface area contributed by atoms with E-state index in [1.54, 1.807) is 35.6 Å². The first kappa shape index (κ1) is 22.8. The van der Waals surface area contributed by atoms with Crippen molar-refractivity contribution in [3.8, 4) is 16.3 Å². The Morgan fingerprint density at radius 2 is 1.77 bits per heavy atom. The zero-order chi connectivity index (χ0) is 22.8. The number of aromatic nitrogens is 2. The van der Waals surface area contributed by atoms with Gasteiger partial charge in [0.1, 0.15) is 22.2 Å². The number of anilines is 1. The lowest BCUT2D eigenvalue weighted by Gasteiger charge is -2.09. The Kier molecular flexibility index (Phi) is 6.68. The van der Waals surface area contributed by atoms with Gasteiger partial charge in [0.2, 0.25) is 0 Å². The maximum absolute atomic E-state index is 12.6. The van der Waals surface area contributed by atoms with Gasteiger partial charge in [0.05, 0.1) is 5.02 Å². The first-order valence-electron chi connectivity index (χ1n) is 8.32. The number of amides is 2. The molecule has 2 amide bonds. The minimum atomic E-state index is -4.62. The van der Waals surface area contributed by atoms with Crippen LogP contribution in [0.1, 0.15) is 21.0 Å². The predicted octanol–water partition coefficient (Wildman–Crippen LogP) is 4.76. The summed E-state index contributed by atoms with van der Waals surface area (Å²) in [6.07, 6.45) is -4.62. The van der Waals surface area contributed by atoms with Gasteiger partial charge in [0, 0.05) is 5.56 Å². The lowest BCUT2D eigenvalue weighted by Crippen LogP contribution is -2.34. The molecule has 0 aliphatic carbocycles. The highest BCUT2D eigenvalue weighted by atomic mass is 35.5. The molecule has 3 N–H and O–H groups in total. The van der Waals surface area contributed by atoms with Gasteiger partial charge >= 0.3 is 6.18 Å². The summed E-state index contributed by atoms with van der Waals surface area (Å²) >= 11 is 12.4. The van der Waals surface area contributed by atoms with Crippen LogP contribution in [0, 0.1) is 0 Å². The summed E-state index contributed by atoms with van der Waals surface area (Å²) in [5, 5.41) is 13.2. The average Bonchev–Trinajstić information content (AvgIpc) is 3.13. The van der Waals surface area contributed by atoms with Crippen molar-refractivity contribution in [1.29, 1.82) is 0 Å². The third-order valence-corrected chi connectivity index (χ3v) is 5.25. The van der Waals surface area contributed by atoms with E-state index < -0.39 is 41.1 Å². The van der Waals surface area contributed by atoms with Crippen molar-refractivity contribution in [2.24, 2.45) is 0 Å². The number of carbonyl (C=O) groups is 2. The standard InChI is InChI=1S/C18H11Cl2F3N4O3S/c19-9-6-10(25-13(20)12(9)28)14(29)27-17-11(15(30)24-7-18(21,22)23)26-16(31-17)8-4-2-1-3-5-8/h1-6,28H,7H2,(H,24,30)(H,27,29). The van der Waals surface area contributed by atoms with Gasteiger partial charge in [-0.15, -0.1) is 0 Å². The molecule has 2 heterocycles. The van der Waals surface area contributed by atoms with E-state index in [-0.39, 0.29) is 15.7 Å². The van der Waals surface area contributed by atoms with E-state index in [1.807, 2.05) is 0 Å². The molecule has 1 aromatic carbocycles. The second-order valence-corrected chi connectivity index (χ2v) is 7.71. The lowest BCUT2D eigenvalue weighted by atomic mass is 10.2. The normalized spacial score (nSPS) is 11.3. The van der Waals surface area contributed by atoms with Crippen molar-refractivity contribution in [2.75, 3.05) is 11.9 Å². The summed E-state index contributed by atoms with van der Waals surface area (Å²) in [7, 11) is 0. The fourth-order valence-electron chi connectivity index (χ4n) is 2.29. The second kappa shape index (κ2) is 9.08. The summed E-state index contributed by atoms with van der Waals surface area (Å²) in [5.74, 6) is -2.51. The molecule has 13 heteroatoms.